The largest absolute Gasteiger partial charge is 0.478 e. The minimum atomic E-state index is -3.55. The quantitative estimate of drug-likeness (QED) is 0.773. The Kier molecular flexibility index (Phi) is 5.40. The first kappa shape index (κ1) is 19.3. The summed E-state index contributed by atoms with van der Waals surface area (Å²) in [5, 5.41) is 9.29. The molecule has 2 aliphatic rings. The summed E-state index contributed by atoms with van der Waals surface area (Å²) in [6.45, 7) is 1.91. The lowest BCUT2D eigenvalue weighted by molar-refractivity contribution is 0.0696. The molecule has 0 radical (unpaired) electrons. The van der Waals surface area contributed by atoms with E-state index in [1.807, 2.05) is 4.90 Å². The van der Waals surface area contributed by atoms with E-state index in [1.165, 1.54) is 35.0 Å². The molecule has 144 valence electrons. The number of halogens is 1. The first-order valence-corrected chi connectivity index (χ1v) is 9.88. The number of nitrogens with zero attached hydrogens (tertiary/aromatic N) is 4. The predicted octanol–water partition coefficient (Wildman–Crippen LogP) is 0.377. The highest BCUT2D eigenvalue weighted by Crippen LogP contribution is 2.31. The van der Waals surface area contributed by atoms with Gasteiger partial charge in [-0.05, 0) is 6.07 Å². The van der Waals surface area contributed by atoms with Crippen LogP contribution in [0.5, 0.6) is 0 Å². The summed E-state index contributed by atoms with van der Waals surface area (Å²) < 4.78 is 33.5. The van der Waals surface area contributed by atoms with E-state index in [2.05, 4.69) is 4.98 Å². The molecule has 9 nitrogen and oxygen atoms in total. The maximum absolute atomic E-state index is 12.6. The van der Waals surface area contributed by atoms with Crippen molar-refractivity contribution in [1.29, 1.82) is 0 Å². The summed E-state index contributed by atoms with van der Waals surface area (Å²) in [5.41, 5.74) is 0.00426. The average molecular weight is 405 g/mol. The highest BCUT2D eigenvalue weighted by Gasteiger charge is 2.39. The molecule has 1 aromatic heterocycles. The van der Waals surface area contributed by atoms with Crippen molar-refractivity contribution in [2.75, 3.05) is 51.8 Å². The number of hydrogen-bond acceptors (Lipinski definition) is 6. The molecule has 2 bridgehead atoms. The highest BCUT2D eigenvalue weighted by atomic mass is 35.5. The Morgan fingerprint density at radius 1 is 1.35 bits per heavy atom. The van der Waals surface area contributed by atoms with Gasteiger partial charge in [0.1, 0.15) is 5.82 Å². The second-order valence-corrected chi connectivity index (χ2v) is 9.20. The zero-order chi connectivity index (χ0) is 19.1. The lowest BCUT2D eigenvalue weighted by Crippen LogP contribution is -2.49. The minimum Gasteiger partial charge on any atom is -0.478 e. The molecule has 3 heterocycles. The number of carbonyl (C=O) groups is 1. The highest BCUT2D eigenvalue weighted by molar-refractivity contribution is 7.86. The van der Waals surface area contributed by atoms with Crippen LogP contribution in [0.1, 0.15) is 10.4 Å². The normalized spacial score (nSPS) is 24.5. The second-order valence-electron chi connectivity index (χ2n) is 6.65. The van der Waals surface area contributed by atoms with Gasteiger partial charge in [0.05, 0.1) is 29.8 Å². The van der Waals surface area contributed by atoms with Crippen molar-refractivity contribution < 1.29 is 23.1 Å². The number of aromatic nitrogens is 1. The summed E-state index contributed by atoms with van der Waals surface area (Å²) in [6.07, 6.45) is 1.26. The van der Waals surface area contributed by atoms with E-state index in [0.717, 1.165) is 0 Å². The van der Waals surface area contributed by atoms with Gasteiger partial charge in [0, 0.05) is 45.8 Å². The SMILES string of the molecule is CN(C)S(=O)(=O)N1C[C@@H]2COC[C@H](C1)N(c1ncc(C(=O)O)cc1Cl)C2. The van der Waals surface area contributed by atoms with Crippen molar-refractivity contribution in [1.82, 2.24) is 13.6 Å². The number of pyridine rings is 1. The van der Waals surface area contributed by atoms with Crippen LogP contribution in [0.2, 0.25) is 5.02 Å². The first-order chi connectivity index (χ1) is 12.2. The van der Waals surface area contributed by atoms with Gasteiger partial charge in [0.25, 0.3) is 10.2 Å². The first-order valence-electron chi connectivity index (χ1n) is 8.11. The van der Waals surface area contributed by atoms with Crippen molar-refractivity contribution in [3.63, 3.8) is 0 Å². The molecule has 1 aromatic rings. The Bertz CT molecular complexity index is 803. The van der Waals surface area contributed by atoms with Crippen LogP contribution in [-0.4, -0.2) is 86.1 Å². The van der Waals surface area contributed by atoms with Crippen LogP contribution in [-0.2, 0) is 14.9 Å². The van der Waals surface area contributed by atoms with Crippen LogP contribution in [0, 0.1) is 5.92 Å². The van der Waals surface area contributed by atoms with Gasteiger partial charge in [-0.25, -0.2) is 9.78 Å². The van der Waals surface area contributed by atoms with E-state index in [1.54, 1.807) is 0 Å². The van der Waals surface area contributed by atoms with E-state index in [9.17, 15) is 13.2 Å². The number of fused-ring (bicyclic) bond motifs is 3. The number of ether oxygens (including phenoxy) is 1. The lowest BCUT2D eigenvalue weighted by Gasteiger charge is -2.32. The number of anilines is 1. The van der Waals surface area contributed by atoms with E-state index in [-0.39, 0.29) is 29.1 Å². The maximum Gasteiger partial charge on any atom is 0.337 e. The fourth-order valence-electron chi connectivity index (χ4n) is 3.24. The molecule has 3 rings (SSSR count). The van der Waals surface area contributed by atoms with Crippen LogP contribution in [0.25, 0.3) is 0 Å². The van der Waals surface area contributed by atoms with Gasteiger partial charge in [0.15, 0.2) is 0 Å². The molecule has 2 fully saturated rings. The standard InChI is InChI=1S/C15H21ClN4O5S/c1-18(2)26(23,24)19-5-10-6-20(12(7-19)9-25-8-10)14-13(16)3-11(4-17-14)15(21)22/h3-4,10,12H,5-9H2,1-2H3,(H,21,22)/t10-,12-/m0/s1. The molecule has 2 saturated heterocycles. The van der Waals surface area contributed by atoms with Crippen LogP contribution >= 0.6 is 11.6 Å². The Morgan fingerprint density at radius 2 is 2.08 bits per heavy atom. The van der Waals surface area contributed by atoms with Gasteiger partial charge in [-0.2, -0.15) is 17.0 Å². The molecule has 0 aliphatic carbocycles. The summed E-state index contributed by atoms with van der Waals surface area (Å²) in [7, 11) is -0.531. The molecule has 2 aliphatic heterocycles. The number of aromatic carboxylic acids is 1. The molecular formula is C15H21ClN4O5S. The molecule has 0 aromatic carbocycles. The summed E-state index contributed by atoms with van der Waals surface area (Å²) in [6, 6.07) is 1.09. The minimum absolute atomic E-state index is 0.00426. The Labute approximate surface area is 157 Å². The van der Waals surface area contributed by atoms with Crippen molar-refractivity contribution in [2.24, 2.45) is 5.92 Å². The summed E-state index contributed by atoms with van der Waals surface area (Å²) in [4.78, 5) is 17.2. The molecular weight excluding hydrogens is 384 g/mol. The van der Waals surface area contributed by atoms with E-state index >= 15 is 0 Å². The number of hydrogen-bond donors (Lipinski definition) is 1. The van der Waals surface area contributed by atoms with Gasteiger partial charge in [0.2, 0.25) is 0 Å². The third-order valence-electron chi connectivity index (χ3n) is 4.56. The van der Waals surface area contributed by atoms with Crippen LogP contribution < -0.4 is 4.90 Å². The number of rotatable bonds is 4. The second kappa shape index (κ2) is 7.28. The third-order valence-corrected chi connectivity index (χ3v) is 6.72. The molecule has 0 saturated carbocycles. The topological polar surface area (TPSA) is 103 Å². The molecule has 0 unspecified atom stereocenters. The van der Waals surface area contributed by atoms with Gasteiger partial charge in [-0.1, -0.05) is 11.6 Å². The molecule has 0 spiro atoms. The molecule has 2 atom stereocenters. The summed E-state index contributed by atoms with van der Waals surface area (Å²) in [5.74, 6) is -0.706. The zero-order valence-corrected chi connectivity index (χ0v) is 16.1. The van der Waals surface area contributed by atoms with Crippen molar-refractivity contribution in [3.05, 3.63) is 22.8 Å². The van der Waals surface area contributed by atoms with Crippen LogP contribution in [0.3, 0.4) is 0 Å². The fraction of sp³-hybridized carbons (Fsp3) is 0.600. The van der Waals surface area contributed by atoms with Crippen LogP contribution in [0.15, 0.2) is 12.3 Å². The van der Waals surface area contributed by atoms with Crippen molar-refractivity contribution >= 4 is 33.6 Å². The molecule has 11 heteroatoms. The van der Waals surface area contributed by atoms with Crippen LogP contribution in [0.4, 0.5) is 5.82 Å². The Hall–Kier alpha value is -1.46. The third kappa shape index (κ3) is 3.65. The lowest BCUT2D eigenvalue weighted by atomic mass is 10.1. The van der Waals surface area contributed by atoms with Gasteiger partial charge >= 0.3 is 5.97 Å². The van der Waals surface area contributed by atoms with Crippen molar-refractivity contribution in [2.45, 2.75) is 6.04 Å². The fourth-order valence-corrected chi connectivity index (χ4v) is 4.73. The Morgan fingerprint density at radius 3 is 2.69 bits per heavy atom. The molecule has 0 amide bonds. The molecule has 26 heavy (non-hydrogen) atoms. The monoisotopic (exact) mass is 404 g/mol. The Balaban J connectivity index is 1.94. The number of carboxylic acids is 1. The van der Waals surface area contributed by atoms with E-state index < -0.39 is 16.2 Å². The van der Waals surface area contributed by atoms with Gasteiger partial charge in [-0.3, -0.25) is 0 Å². The van der Waals surface area contributed by atoms with Gasteiger partial charge < -0.3 is 14.7 Å². The van der Waals surface area contributed by atoms with E-state index in [4.69, 9.17) is 21.4 Å². The predicted molar refractivity (Wildman–Crippen MR) is 95.8 cm³/mol. The van der Waals surface area contributed by atoms with E-state index in [0.29, 0.717) is 32.1 Å². The average Bonchev–Trinajstić information content (AvgIpc) is 2.85. The molecule has 1 N–H and O–H groups in total. The zero-order valence-electron chi connectivity index (χ0n) is 14.5. The maximum atomic E-state index is 12.6. The summed E-state index contributed by atoms with van der Waals surface area (Å²) >= 11 is 6.28. The number of carboxylic acid groups (broad SMARTS) is 1. The van der Waals surface area contributed by atoms with Crippen molar-refractivity contribution in [3.8, 4) is 0 Å². The van der Waals surface area contributed by atoms with Gasteiger partial charge in [-0.15, -0.1) is 0 Å². The smallest absolute Gasteiger partial charge is 0.337 e.